The Kier molecular flexibility index (Phi) is 6.86. The second-order valence-corrected chi connectivity index (χ2v) is 7.75. The maximum Gasteiger partial charge on any atom is 0.326 e. The van der Waals surface area contributed by atoms with Crippen molar-refractivity contribution in [1.82, 2.24) is 10.6 Å². The average Bonchev–Trinajstić information content (AvgIpc) is 2.73. The van der Waals surface area contributed by atoms with Gasteiger partial charge in [0.1, 0.15) is 6.54 Å². The van der Waals surface area contributed by atoms with Gasteiger partial charge in [0.15, 0.2) is 6.10 Å². The Hall–Kier alpha value is -2.89. The molecule has 0 radical (unpaired) electrons. The molecular weight excluding hydrogens is 368 g/mol. The van der Waals surface area contributed by atoms with E-state index >= 15 is 0 Å². The normalized spacial score (nSPS) is 19.9. The molecule has 0 heterocycles. The number of nitrogens with one attached hydrogen (secondary N) is 2. The molecule has 0 spiro atoms. The summed E-state index contributed by atoms with van der Waals surface area (Å²) in [5, 5.41) is 7.52. The molecule has 0 saturated heterocycles. The summed E-state index contributed by atoms with van der Waals surface area (Å²) in [6.07, 6.45) is 3.45. The number of carbonyl (C=O) groups excluding carboxylic acids is 3. The molecule has 0 bridgehead atoms. The molecule has 6 heteroatoms. The number of ether oxygens (including phenoxy) is 1. The number of benzene rings is 2. The molecule has 2 aromatic carbocycles. The first kappa shape index (κ1) is 20.8. The first-order valence-electron chi connectivity index (χ1n) is 10.2. The van der Waals surface area contributed by atoms with Crippen molar-refractivity contribution in [2.45, 2.75) is 51.7 Å². The van der Waals surface area contributed by atoms with Gasteiger partial charge in [0.25, 0.3) is 11.8 Å². The number of carbonyl (C=O) groups is 3. The van der Waals surface area contributed by atoms with Crippen LogP contribution in [0.4, 0.5) is 0 Å². The zero-order chi connectivity index (χ0) is 20.8. The molecule has 1 aliphatic rings. The zero-order valence-electron chi connectivity index (χ0n) is 16.9. The molecule has 154 valence electrons. The molecule has 3 rings (SSSR count). The van der Waals surface area contributed by atoms with Crippen molar-refractivity contribution < 1.29 is 19.1 Å². The Morgan fingerprint density at radius 3 is 2.55 bits per heavy atom. The summed E-state index contributed by atoms with van der Waals surface area (Å²) in [5.74, 6) is -0.867. The number of rotatable bonds is 6. The minimum atomic E-state index is -0.894. The van der Waals surface area contributed by atoms with Gasteiger partial charge in [-0.2, -0.15) is 0 Å². The molecule has 2 aromatic rings. The summed E-state index contributed by atoms with van der Waals surface area (Å²) in [7, 11) is 0. The number of fused-ring (bicyclic) bond motifs is 1. The first-order chi connectivity index (χ1) is 13.9. The van der Waals surface area contributed by atoms with Crippen LogP contribution in [0.25, 0.3) is 10.8 Å². The molecule has 1 fully saturated rings. The fourth-order valence-electron chi connectivity index (χ4n) is 3.71. The van der Waals surface area contributed by atoms with Gasteiger partial charge < -0.3 is 15.4 Å². The lowest BCUT2D eigenvalue weighted by Crippen LogP contribution is -2.46. The van der Waals surface area contributed by atoms with Crippen LogP contribution in [0.5, 0.6) is 0 Å². The summed E-state index contributed by atoms with van der Waals surface area (Å²) in [5.41, 5.74) is 0.466. The van der Waals surface area contributed by atoms with Crippen molar-refractivity contribution in [3.05, 3.63) is 48.0 Å². The van der Waals surface area contributed by atoms with E-state index in [2.05, 4.69) is 17.6 Å². The highest BCUT2D eigenvalue weighted by atomic mass is 16.5. The van der Waals surface area contributed by atoms with E-state index in [0.29, 0.717) is 11.5 Å². The fourth-order valence-corrected chi connectivity index (χ4v) is 3.71. The number of hydrogen-bond acceptors (Lipinski definition) is 4. The number of hydrogen-bond donors (Lipinski definition) is 2. The second-order valence-electron chi connectivity index (χ2n) is 7.75. The van der Waals surface area contributed by atoms with E-state index < -0.39 is 12.1 Å². The Balaban J connectivity index is 1.46. The lowest BCUT2D eigenvalue weighted by atomic mass is 9.86. The van der Waals surface area contributed by atoms with E-state index in [1.165, 1.54) is 6.42 Å². The first-order valence-corrected chi connectivity index (χ1v) is 10.2. The third kappa shape index (κ3) is 5.56. The minimum Gasteiger partial charge on any atom is -0.451 e. The highest BCUT2D eigenvalue weighted by Crippen LogP contribution is 2.23. The molecule has 0 aromatic heterocycles. The van der Waals surface area contributed by atoms with Crippen molar-refractivity contribution in [3.63, 3.8) is 0 Å². The van der Waals surface area contributed by atoms with E-state index in [1.807, 2.05) is 30.3 Å². The third-order valence-corrected chi connectivity index (χ3v) is 5.52. The van der Waals surface area contributed by atoms with Gasteiger partial charge in [-0.25, -0.2) is 0 Å². The van der Waals surface area contributed by atoms with Crippen LogP contribution in [0, 0.1) is 5.92 Å². The van der Waals surface area contributed by atoms with Crippen LogP contribution in [0.2, 0.25) is 0 Å². The molecular formula is C23H28N2O4. The van der Waals surface area contributed by atoms with Gasteiger partial charge >= 0.3 is 5.97 Å². The van der Waals surface area contributed by atoms with E-state index in [9.17, 15) is 14.4 Å². The number of esters is 1. The van der Waals surface area contributed by atoms with Crippen LogP contribution in [-0.4, -0.2) is 36.5 Å². The highest BCUT2D eigenvalue weighted by molar-refractivity contribution is 5.99. The maximum atomic E-state index is 12.3. The summed E-state index contributed by atoms with van der Waals surface area (Å²) < 4.78 is 5.18. The van der Waals surface area contributed by atoms with Crippen molar-refractivity contribution >= 4 is 28.6 Å². The van der Waals surface area contributed by atoms with Crippen LogP contribution >= 0.6 is 0 Å². The summed E-state index contributed by atoms with van der Waals surface area (Å²) >= 11 is 0. The molecule has 3 atom stereocenters. The van der Waals surface area contributed by atoms with Gasteiger partial charge in [-0.15, -0.1) is 0 Å². The van der Waals surface area contributed by atoms with Crippen molar-refractivity contribution in [2.75, 3.05) is 6.54 Å². The molecule has 1 aliphatic carbocycles. The Morgan fingerprint density at radius 1 is 1.07 bits per heavy atom. The monoisotopic (exact) mass is 396 g/mol. The smallest absolute Gasteiger partial charge is 0.326 e. The van der Waals surface area contributed by atoms with Crippen LogP contribution in [0.3, 0.4) is 0 Å². The lowest BCUT2D eigenvalue weighted by Gasteiger charge is -2.30. The van der Waals surface area contributed by atoms with Crippen LogP contribution in [-0.2, 0) is 14.3 Å². The fraction of sp³-hybridized carbons (Fsp3) is 0.435. The predicted octanol–water partition coefficient (Wildman–Crippen LogP) is 3.20. The molecule has 6 nitrogen and oxygen atoms in total. The summed E-state index contributed by atoms with van der Waals surface area (Å²) in [4.78, 5) is 36.7. The molecule has 2 N–H and O–H groups in total. The van der Waals surface area contributed by atoms with Crippen LogP contribution in [0.1, 0.15) is 49.9 Å². The standard InChI is InChI=1S/C23H28N2O4/c1-15-7-3-6-10-20(15)25-22(27)16(2)29-21(26)14-24-23(28)19-12-11-17-8-4-5-9-18(17)13-19/h4-5,8-9,11-13,15-16,20H,3,6-7,10,14H2,1-2H3,(H,24,28)(H,25,27)/t15-,16-,20-/m1/s1. The lowest BCUT2D eigenvalue weighted by molar-refractivity contribution is -0.154. The van der Waals surface area contributed by atoms with Crippen LogP contribution < -0.4 is 10.6 Å². The van der Waals surface area contributed by atoms with E-state index in [0.717, 1.165) is 30.0 Å². The van der Waals surface area contributed by atoms with E-state index in [4.69, 9.17) is 4.74 Å². The van der Waals surface area contributed by atoms with Crippen molar-refractivity contribution in [3.8, 4) is 0 Å². The van der Waals surface area contributed by atoms with Crippen molar-refractivity contribution in [1.29, 1.82) is 0 Å². The topological polar surface area (TPSA) is 84.5 Å². The Morgan fingerprint density at radius 2 is 1.79 bits per heavy atom. The summed E-state index contributed by atoms with van der Waals surface area (Å²) in [6, 6.07) is 13.2. The van der Waals surface area contributed by atoms with Gasteiger partial charge in [0.05, 0.1) is 0 Å². The quantitative estimate of drug-likeness (QED) is 0.735. The van der Waals surface area contributed by atoms with Crippen molar-refractivity contribution in [2.24, 2.45) is 5.92 Å². The SMILES string of the molecule is C[C@@H]1CCCC[C@H]1NC(=O)[C@@H](C)OC(=O)CNC(=O)c1ccc2ccccc2c1. The van der Waals surface area contributed by atoms with E-state index in [-0.39, 0.29) is 24.4 Å². The number of amides is 2. The van der Waals surface area contributed by atoms with Gasteiger partial charge in [-0.3, -0.25) is 14.4 Å². The van der Waals surface area contributed by atoms with E-state index in [1.54, 1.807) is 19.1 Å². The minimum absolute atomic E-state index is 0.130. The highest BCUT2D eigenvalue weighted by Gasteiger charge is 2.26. The summed E-state index contributed by atoms with van der Waals surface area (Å²) in [6.45, 7) is 3.39. The Bertz CT molecular complexity index is 895. The molecule has 2 amide bonds. The second kappa shape index (κ2) is 9.54. The molecule has 1 saturated carbocycles. The molecule has 0 unspecified atom stereocenters. The van der Waals surface area contributed by atoms with Gasteiger partial charge in [-0.1, -0.05) is 50.1 Å². The van der Waals surface area contributed by atoms with Gasteiger partial charge in [0.2, 0.25) is 0 Å². The predicted molar refractivity (Wildman–Crippen MR) is 111 cm³/mol. The average molecular weight is 396 g/mol. The largest absolute Gasteiger partial charge is 0.451 e. The molecule has 29 heavy (non-hydrogen) atoms. The zero-order valence-corrected chi connectivity index (χ0v) is 16.9. The maximum absolute atomic E-state index is 12.3. The molecule has 0 aliphatic heterocycles. The van der Waals surface area contributed by atoms with Crippen LogP contribution in [0.15, 0.2) is 42.5 Å². The Labute approximate surface area is 171 Å². The van der Waals surface area contributed by atoms with Gasteiger partial charge in [-0.05, 0) is 48.6 Å². The third-order valence-electron chi connectivity index (χ3n) is 5.52. The van der Waals surface area contributed by atoms with Gasteiger partial charge in [0, 0.05) is 11.6 Å².